The Kier molecular flexibility index (Phi) is 3.30. The SMILES string of the molecule is O=C1C[C@@]2(c3ccccc31)c1ccccc1[C@@]1(c3ccccc3)c3ccccc3C(=O)[C@H]21. The molecule has 0 fully saturated rings. The lowest BCUT2D eigenvalue weighted by atomic mass is 9.61. The monoisotopic (exact) mass is 412 g/mol. The molecule has 1 spiro atoms. The number of ketones is 2. The van der Waals surface area contributed by atoms with E-state index in [0.717, 1.165) is 38.9 Å². The maximum atomic E-state index is 14.3. The summed E-state index contributed by atoms with van der Waals surface area (Å²) in [4.78, 5) is 27.6. The number of fused-ring (bicyclic) bond motifs is 9. The van der Waals surface area contributed by atoms with Gasteiger partial charge in [0.1, 0.15) is 0 Å². The number of carbonyl (C=O) groups is 2. The maximum Gasteiger partial charge on any atom is 0.169 e. The Hall–Kier alpha value is -3.78. The third-order valence-electron chi connectivity index (χ3n) is 8.01. The van der Waals surface area contributed by atoms with Crippen molar-refractivity contribution in [3.63, 3.8) is 0 Å². The molecule has 2 heteroatoms. The summed E-state index contributed by atoms with van der Waals surface area (Å²) in [5.41, 5.74) is 5.73. The van der Waals surface area contributed by atoms with Gasteiger partial charge in [-0.15, -0.1) is 0 Å². The van der Waals surface area contributed by atoms with Crippen LogP contribution in [0.2, 0.25) is 0 Å². The highest BCUT2D eigenvalue weighted by atomic mass is 16.1. The zero-order valence-corrected chi connectivity index (χ0v) is 17.4. The Morgan fingerprint density at radius 3 is 1.88 bits per heavy atom. The van der Waals surface area contributed by atoms with Crippen molar-refractivity contribution >= 4 is 11.6 Å². The summed E-state index contributed by atoms with van der Waals surface area (Å²) in [7, 11) is 0. The van der Waals surface area contributed by atoms with Gasteiger partial charge in [0.15, 0.2) is 11.6 Å². The number of rotatable bonds is 1. The van der Waals surface area contributed by atoms with Crippen LogP contribution >= 0.6 is 0 Å². The molecule has 0 saturated carbocycles. The fourth-order valence-electron chi connectivity index (χ4n) is 7.05. The summed E-state index contributed by atoms with van der Waals surface area (Å²) in [6.07, 6.45) is 0.336. The minimum atomic E-state index is -0.657. The smallest absolute Gasteiger partial charge is 0.169 e. The molecule has 3 aliphatic carbocycles. The summed E-state index contributed by atoms with van der Waals surface area (Å²) < 4.78 is 0. The van der Waals surface area contributed by atoms with E-state index in [1.54, 1.807) is 0 Å². The Labute approximate surface area is 186 Å². The molecule has 0 N–H and O–H groups in total. The van der Waals surface area contributed by atoms with Crippen LogP contribution in [0.1, 0.15) is 55.0 Å². The summed E-state index contributed by atoms with van der Waals surface area (Å²) in [5, 5.41) is 0. The highest BCUT2D eigenvalue weighted by Crippen LogP contribution is 2.69. The Balaban J connectivity index is 1.69. The third-order valence-corrected chi connectivity index (χ3v) is 8.01. The predicted octanol–water partition coefficient (Wildman–Crippen LogP) is 5.72. The van der Waals surface area contributed by atoms with E-state index in [0.29, 0.717) is 6.42 Å². The van der Waals surface area contributed by atoms with Gasteiger partial charge >= 0.3 is 0 Å². The second-order valence-corrected chi connectivity index (χ2v) is 9.18. The van der Waals surface area contributed by atoms with Crippen molar-refractivity contribution in [1.82, 2.24) is 0 Å². The average Bonchev–Trinajstić information content (AvgIpc) is 3.40. The third kappa shape index (κ3) is 1.80. The van der Waals surface area contributed by atoms with Crippen LogP contribution in [-0.4, -0.2) is 11.6 Å². The highest BCUT2D eigenvalue weighted by Gasteiger charge is 2.70. The van der Waals surface area contributed by atoms with Gasteiger partial charge in [-0.3, -0.25) is 9.59 Å². The van der Waals surface area contributed by atoms with Crippen molar-refractivity contribution in [2.75, 3.05) is 0 Å². The summed E-state index contributed by atoms with van der Waals surface area (Å²) in [5.74, 6) is -0.118. The normalized spacial score (nSPS) is 26.7. The first-order chi connectivity index (χ1) is 15.7. The number of carbonyl (C=O) groups excluding carboxylic acids is 2. The van der Waals surface area contributed by atoms with E-state index in [9.17, 15) is 9.59 Å². The van der Waals surface area contributed by atoms with Gasteiger partial charge in [-0.25, -0.2) is 0 Å². The molecule has 32 heavy (non-hydrogen) atoms. The lowest BCUT2D eigenvalue weighted by molar-refractivity contribution is 0.0849. The first-order valence-electron chi connectivity index (χ1n) is 11.1. The molecule has 0 radical (unpaired) electrons. The van der Waals surface area contributed by atoms with E-state index in [-0.39, 0.29) is 17.5 Å². The molecule has 0 aliphatic heterocycles. The molecule has 0 heterocycles. The van der Waals surface area contributed by atoms with E-state index < -0.39 is 10.8 Å². The zero-order valence-electron chi connectivity index (χ0n) is 17.4. The molecular formula is C30H20O2. The number of benzene rings is 4. The number of hydrogen-bond donors (Lipinski definition) is 0. The van der Waals surface area contributed by atoms with Crippen molar-refractivity contribution in [3.8, 4) is 0 Å². The maximum absolute atomic E-state index is 14.3. The van der Waals surface area contributed by atoms with Gasteiger partial charge in [0.2, 0.25) is 0 Å². The second-order valence-electron chi connectivity index (χ2n) is 9.18. The molecule has 0 saturated heterocycles. The lowest BCUT2D eigenvalue weighted by Crippen LogP contribution is -2.42. The fourth-order valence-corrected chi connectivity index (χ4v) is 7.05. The molecular weight excluding hydrogens is 392 g/mol. The van der Waals surface area contributed by atoms with E-state index in [1.807, 2.05) is 60.7 Å². The van der Waals surface area contributed by atoms with E-state index >= 15 is 0 Å². The standard InChI is InChI=1S/C30H20O2/c31-26-18-29(22-14-6-4-12-20(22)26)24-16-8-9-17-25(24)30(19-10-2-1-3-11-19)23-15-7-5-13-21(23)27(32)28(29)30/h1-17,28H,18H2/t28-,29-,30-/m1/s1. The predicted molar refractivity (Wildman–Crippen MR) is 123 cm³/mol. The lowest BCUT2D eigenvalue weighted by Gasteiger charge is -2.37. The minimum Gasteiger partial charge on any atom is -0.294 e. The van der Waals surface area contributed by atoms with Crippen LogP contribution in [-0.2, 0) is 10.8 Å². The molecule has 3 atom stereocenters. The average molecular weight is 412 g/mol. The van der Waals surface area contributed by atoms with Crippen LogP contribution < -0.4 is 0 Å². The van der Waals surface area contributed by atoms with Gasteiger partial charge in [0, 0.05) is 23.0 Å². The number of Topliss-reactive ketones (excluding diaryl/α,β-unsaturated/α-hetero) is 2. The summed E-state index contributed by atoms with van der Waals surface area (Å²) >= 11 is 0. The second kappa shape index (κ2) is 5.92. The quantitative estimate of drug-likeness (QED) is 0.401. The van der Waals surface area contributed by atoms with Crippen LogP contribution in [0.25, 0.3) is 0 Å². The van der Waals surface area contributed by atoms with Crippen LogP contribution in [0.4, 0.5) is 0 Å². The first-order valence-corrected chi connectivity index (χ1v) is 11.1. The Bertz CT molecular complexity index is 1450. The largest absolute Gasteiger partial charge is 0.294 e. The molecule has 3 aliphatic rings. The Morgan fingerprint density at radius 2 is 1.12 bits per heavy atom. The molecule has 0 bridgehead atoms. The molecule has 4 aromatic carbocycles. The molecule has 2 nitrogen and oxygen atoms in total. The van der Waals surface area contributed by atoms with Crippen LogP contribution in [0.3, 0.4) is 0 Å². The molecule has 152 valence electrons. The molecule has 4 aromatic rings. The van der Waals surface area contributed by atoms with Crippen molar-refractivity contribution < 1.29 is 9.59 Å². The van der Waals surface area contributed by atoms with Crippen LogP contribution in [0.5, 0.6) is 0 Å². The Morgan fingerprint density at radius 1 is 0.562 bits per heavy atom. The van der Waals surface area contributed by atoms with E-state index in [4.69, 9.17) is 0 Å². The van der Waals surface area contributed by atoms with Gasteiger partial charge in [0.25, 0.3) is 0 Å². The summed E-state index contributed by atoms with van der Waals surface area (Å²) in [6, 6.07) is 34.8. The van der Waals surface area contributed by atoms with Crippen LogP contribution in [0.15, 0.2) is 103 Å². The number of hydrogen-bond acceptors (Lipinski definition) is 2. The molecule has 7 rings (SSSR count). The summed E-state index contributed by atoms with van der Waals surface area (Å²) in [6.45, 7) is 0. The van der Waals surface area contributed by atoms with Gasteiger partial charge in [0.05, 0.1) is 11.3 Å². The zero-order chi connectivity index (χ0) is 21.5. The molecule has 0 unspecified atom stereocenters. The van der Waals surface area contributed by atoms with Gasteiger partial charge in [-0.05, 0) is 27.8 Å². The van der Waals surface area contributed by atoms with Gasteiger partial charge in [-0.1, -0.05) is 103 Å². The van der Waals surface area contributed by atoms with Gasteiger partial charge < -0.3 is 0 Å². The van der Waals surface area contributed by atoms with Crippen molar-refractivity contribution in [2.24, 2.45) is 5.92 Å². The van der Waals surface area contributed by atoms with Gasteiger partial charge in [-0.2, -0.15) is 0 Å². The molecule has 0 aromatic heterocycles. The topological polar surface area (TPSA) is 34.1 Å². The highest BCUT2D eigenvalue weighted by molar-refractivity contribution is 6.12. The first kappa shape index (κ1) is 17.9. The van der Waals surface area contributed by atoms with E-state index in [2.05, 4.69) is 42.5 Å². The van der Waals surface area contributed by atoms with Crippen molar-refractivity contribution in [3.05, 3.63) is 142 Å². The van der Waals surface area contributed by atoms with Crippen molar-refractivity contribution in [2.45, 2.75) is 17.3 Å². The molecule has 0 amide bonds. The minimum absolute atomic E-state index is 0.128. The van der Waals surface area contributed by atoms with E-state index in [1.165, 1.54) is 0 Å². The van der Waals surface area contributed by atoms with Crippen LogP contribution in [0, 0.1) is 5.92 Å². The van der Waals surface area contributed by atoms with Crippen molar-refractivity contribution in [1.29, 1.82) is 0 Å². The fraction of sp³-hybridized carbons (Fsp3) is 0.133.